The molecule has 0 saturated carbocycles. The van der Waals surface area contributed by atoms with Gasteiger partial charge in [-0.25, -0.2) is 0 Å². The number of carbonyl (C=O) groups excluding carboxylic acids is 2. The van der Waals surface area contributed by atoms with Crippen molar-refractivity contribution >= 4 is 23.4 Å². The number of hydrogen-bond acceptors (Lipinski definition) is 2. The Morgan fingerprint density at radius 1 is 0.963 bits per heavy atom. The maximum atomic E-state index is 12.5. The van der Waals surface area contributed by atoms with Crippen LogP contribution in [-0.4, -0.2) is 35.8 Å². The number of hydrogen-bond donors (Lipinski definition) is 1. The standard InChI is InChI=1S/C22H25ClN2O2/c1-15(2)16-3-5-17(6-4-16)21(26)24-20-11-13-25(14-12-20)22(27)18-7-9-19(23)10-8-18/h3-10,15,20H,11-14H2,1-2H3,(H,24,26). The summed E-state index contributed by atoms with van der Waals surface area (Å²) >= 11 is 5.88. The molecular weight excluding hydrogens is 360 g/mol. The molecule has 1 fully saturated rings. The molecule has 1 N–H and O–H groups in total. The lowest BCUT2D eigenvalue weighted by atomic mass is 10.0. The summed E-state index contributed by atoms with van der Waals surface area (Å²) in [5.74, 6) is 0.415. The second-order valence-corrected chi connectivity index (χ2v) is 7.76. The van der Waals surface area contributed by atoms with E-state index in [4.69, 9.17) is 11.6 Å². The van der Waals surface area contributed by atoms with Crippen molar-refractivity contribution in [2.75, 3.05) is 13.1 Å². The Bertz CT molecular complexity index is 792. The Labute approximate surface area is 165 Å². The quantitative estimate of drug-likeness (QED) is 0.843. The van der Waals surface area contributed by atoms with E-state index in [1.165, 1.54) is 5.56 Å². The first-order valence-electron chi connectivity index (χ1n) is 9.39. The maximum absolute atomic E-state index is 12.5. The van der Waals surface area contributed by atoms with Crippen molar-refractivity contribution in [2.45, 2.75) is 38.6 Å². The first-order chi connectivity index (χ1) is 12.9. The van der Waals surface area contributed by atoms with Gasteiger partial charge in [-0.2, -0.15) is 0 Å². The minimum absolute atomic E-state index is 0.0146. The van der Waals surface area contributed by atoms with Gasteiger partial charge in [0.2, 0.25) is 0 Å². The van der Waals surface area contributed by atoms with Crippen LogP contribution in [0.1, 0.15) is 58.9 Å². The molecule has 1 aliphatic heterocycles. The number of piperidine rings is 1. The van der Waals surface area contributed by atoms with Crippen LogP contribution in [0, 0.1) is 0 Å². The number of rotatable bonds is 4. The minimum Gasteiger partial charge on any atom is -0.349 e. The van der Waals surface area contributed by atoms with Crippen LogP contribution in [0.2, 0.25) is 5.02 Å². The smallest absolute Gasteiger partial charge is 0.253 e. The predicted molar refractivity (Wildman–Crippen MR) is 108 cm³/mol. The average molecular weight is 385 g/mol. The van der Waals surface area contributed by atoms with Crippen molar-refractivity contribution in [3.8, 4) is 0 Å². The molecule has 3 rings (SSSR count). The van der Waals surface area contributed by atoms with Crippen molar-refractivity contribution < 1.29 is 9.59 Å². The maximum Gasteiger partial charge on any atom is 0.253 e. The largest absolute Gasteiger partial charge is 0.349 e. The van der Waals surface area contributed by atoms with Crippen molar-refractivity contribution in [3.63, 3.8) is 0 Å². The molecule has 2 aromatic rings. The van der Waals surface area contributed by atoms with E-state index in [0.29, 0.717) is 35.2 Å². The lowest BCUT2D eigenvalue weighted by molar-refractivity contribution is 0.0698. The molecule has 142 valence electrons. The summed E-state index contributed by atoms with van der Waals surface area (Å²) in [5.41, 5.74) is 2.55. The highest BCUT2D eigenvalue weighted by Crippen LogP contribution is 2.18. The van der Waals surface area contributed by atoms with Crippen molar-refractivity contribution in [1.29, 1.82) is 0 Å². The monoisotopic (exact) mass is 384 g/mol. The molecule has 0 radical (unpaired) electrons. The number of nitrogens with zero attached hydrogens (tertiary/aromatic N) is 1. The minimum atomic E-state index is -0.0483. The van der Waals surface area contributed by atoms with Crippen molar-refractivity contribution in [3.05, 3.63) is 70.2 Å². The summed E-state index contributed by atoms with van der Waals surface area (Å²) in [4.78, 5) is 26.8. The fourth-order valence-corrected chi connectivity index (χ4v) is 3.42. The molecule has 0 unspecified atom stereocenters. The molecule has 0 aromatic heterocycles. The van der Waals surface area contributed by atoms with Crippen LogP contribution in [-0.2, 0) is 0 Å². The van der Waals surface area contributed by atoms with Gasteiger partial charge in [-0.05, 0) is 60.7 Å². The Morgan fingerprint density at radius 2 is 1.52 bits per heavy atom. The predicted octanol–water partition coefficient (Wildman–Crippen LogP) is 4.50. The highest BCUT2D eigenvalue weighted by molar-refractivity contribution is 6.30. The van der Waals surface area contributed by atoms with Crippen LogP contribution in [0.5, 0.6) is 0 Å². The molecule has 2 amide bonds. The summed E-state index contributed by atoms with van der Waals surface area (Å²) in [6, 6.07) is 14.8. The van der Waals surface area contributed by atoms with Gasteiger partial charge in [0, 0.05) is 35.3 Å². The van der Waals surface area contributed by atoms with E-state index < -0.39 is 0 Å². The normalized spacial score (nSPS) is 15.0. The van der Waals surface area contributed by atoms with Crippen LogP contribution in [0.15, 0.2) is 48.5 Å². The Morgan fingerprint density at radius 3 is 2.07 bits per heavy atom. The molecule has 4 nitrogen and oxygen atoms in total. The Kier molecular flexibility index (Phi) is 6.17. The molecular formula is C22H25ClN2O2. The third kappa shape index (κ3) is 4.89. The summed E-state index contributed by atoms with van der Waals surface area (Å²) in [6.45, 7) is 5.54. The third-order valence-electron chi connectivity index (χ3n) is 5.05. The van der Waals surface area contributed by atoms with E-state index in [2.05, 4.69) is 19.2 Å². The van der Waals surface area contributed by atoms with Gasteiger partial charge in [-0.15, -0.1) is 0 Å². The molecule has 5 heteroatoms. The van der Waals surface area contributed by atoms with E-state index in [9.17, 15) is 9.59 Å². The zero-order valence-electron chi connectivity index (χ0n) is 15.7. The van der Waals surface area contributed by atoms with E-state index in [1.54, 1.807) is 24.3 Å². The van der Waals surface area contributed by atoms with E-state index in [1.807, 2.05) is 29.2 Å². The van der Waals surface area contributed by atoms with Crippen LogP contribution in [0.25, 0.3) is 0 Å². The van der Waals surface area contributed by atoms with Crippen LogP contribution in [0.3, 0.4) is 0 Å². The number of carbonyl (C=O) groups is 2. The molecule has 0 bridgehead atoms. The van der Waals surface area contributed by atoms with Crippen molar-refractivity contribution in [1.82, 2.24) is 10.2 Å². The number of likely N-dealkylation sites (tertiary alicyclic amines) is 1. The van der Waals surface area contributed by atoms with E-state index in [-0.39, 0.29) is 17.9 Å². The molecule has 1 aliphatic rings. The molecule has 2 aromatic carbocycles. The summed E-state index contributed by atoms with van der Waals surface area (Å²) in [5, 5.41) is 3.72. The van der Waals surface area contributed by atoms with Crippen LogP contribution < -0.4 is 5.32 Å². The van der Waals surface area contributed by atoms with Gasteiger partial charge < -0.3 is 10.2 Å². The SMILES string of the molecule is CC(C)c1ccc(C(=O)NC2CCN(C(=O)c3ccc(Cl)cc3)CC2)cc1. The highest BCUT2D eigenvalue weighted by atomic mass is 35.5. The number of halogens is 1. The van der Waals surface area contributed by atoms with Gasteiger partial charge in [-0.3, -0.25) is 9.59 Å². The lowest BCUT2D eigenvalue weighted by Gasteiger charge is -2.32. The van der Waals surface area contributed by atoms with Gasteiger partial charge in [0.05, 0.1) is 0 Å². The molecule has 27 heavy (non-hydrogen) atoms. The number of amides is 2. The Hall–Kier alpha value is -2.33. The zero-order chi connectivity index (χ0) is 19.4. The van der Waals surface area contributed by atoms with Gasteiger partial charge in [0.15, 0.2) is 0 Å². The topological polar surface area (TPSA) is 49.4 Å². The highest BCUT2D eigenvalue weighted by Gasteiger charge is 2.24. The Balaban J connectivity index is 1.52. The second-order valence-electron chi connectivity index (χ2n) is 7.32. The summed E-state index contributed by atoms with van der Waals surface area (Å²) < 4.78 is 0. The zero-order valence-corrected chi connectivity index (χ0v) is 16.5. The van der Waals surface area contributed by atoms with E-state index in [0.717, 1.165) is 12.8 Å². The summed E-state index contributed by atoms with van der Waals surface area (Å²) in [7, 11) is 0. The lowest BCUT2D eigenvalue weighted by Crippen LogP contribution is -2.46. The molecule has 0 aliphatic carbocycles. The van der Waals surface area contributed by atoms with Gasteiger partial charge in [0.1, 0.15) is 0 Å². The van der Waals surface area contributed by atoms with Crippen molar-refractivity contribution in [2.24, 2.45) is 0 Å². The van der Waals surface area contributed by atoms with Crippen LogP contribution >= 0.6 is 11.6 Å². The van der Waals surface area contributed by atoms with E-state index >= 15 is 0 Å². The summed E-state index contributed by atoms with van der Waals surface area (Å²) in [6.07, 6.45) is 1.52. The second kappa shape index (κ2) is 8.57. The fourth-order valence-electron chi connectivity index (χ4n) is 3.29. The molecule has 1 saturated heterocycles. The third-order valence-corrected chi connectivity index (χ3v) is 5.30. The van der Waals surface area contributed by atoms with Gasteiger partial charge in [0.25, 0.3) is 11.8 Å². The molecule has 0 spiro atoms. The first-order valence-corrected chi connectivity index (χ1v) is 9.77. The fraction of sp³-hybridized carbons (Fsp3) is 0.364. The first kappa shape index (κ1) is 19.4. The molecule has 1 heterocycles. The average Bonchev–Trinajstić information content (AvgIpc) is 2.68. The number of benzene rings is 2. The molecule has 0 atom stereocenters. The van der Waals surface area contributed by atoms with Gasteiger partial charge in [-0.1, -0.05) is 37.6 Å². The number of nitrogens with one attached hydrogen (secondary N) is 1. The van der Waals surface area contributed by atoms with Gasteiger partial charge >= 0.3 is 0 Å². The van der Waals surface area contributed by atoms with Crippen LogP contribution in [0.4, 0.5) is 0 Å².